The Bertz CT molecular complexity index is 436. The number of nitrogens with two attached hydrogens (primary N) is 1. The lowest BCUT2D eigenvalue weighted by molar-refractivity contribution is 0.308. The smallest absolute Gasteiger partial charge is 0.253 e. The van der Waals surface area contributed by atoms with Crippen molar-refractivity contribution in [2.75, 3.05) is 5.73 Å². The maximum Gasteiger partial charge on any atom is 0.253 e. The second kappa shape index (κ2) is 5.12. The molecule has 17 heavy (non-hydrogen) atoms. The predicted molar refractivity (Wildman–Crippen MR) is 71.1 cm³/mol. The molecule has 5 heteroatoms. The second-order valence-electron chi connectivity index (χ2n) is 5.13. The lowest BCUT2D eigenvalue weighted by Crippen LogP contribution is -2.22. The predicted octanol–water partition coefficient (Wildman–Crippen LogP) is 2.27. The Morgan fingerprint density at radius 2 is 2.00 bits per heavy atom. The third-order valence-corrected chi connectivity index (χ3v) is 4.29. The number of nitrogen functional groups attached to an aromatic ring is 1. The van der Waals surface area contributed by atoms with Gasteiger partial charge in [0.15, 0.2) is 5.16 Å². The normalized spacial score (nSPS) is 29.2. The van der Waals surface area contributed by atoms with Crippen LogP contribution in [0.3, 0.4) is 0 Å². The Kier molecular flexibility index (Phi) is 3.76. The van der Waals surface area contributed by atoms with Gasteiger partial charge in [0.05, 0.1) is 0 Å². The van der Waals surface area contributed by atoms with Crippen molar-refractivity contribution in [1.82, 2.24) is 9.97 Å². The number of aromatic amines is 1. The number of anilines is 1. The molecule has 2 unspecified atom stereocenters. The first-order valence-electron chi connectivity index (χ1n) is 6.06. The molecule has 3 N–H and O–H groups in total. The molecule has 0 spiro atoms. The molecule has 1 aliphatic carbocycles. The van der Waals surface area contributed by atoms with Crippen molar-refractivity contribution < 1.29 is 0 Å². The van der Waals surface area contributed by atoms with Gasteiger partial charge in [0.2, 0.25) is 0 Å². The number of nitrogens with one attached hydrogen (secondary N) is 1. The number of hydrogen-bond acceptors (Lipinski definition) is 4. The van der Waals surface area contributed by atoms with Crippen molar-refractivity contribution in [3.05, 3.63) is 16.4 Å². The summed E-state index contributed by atoms with van der Waals surface area (Å²) in [6.45, 7) is 4.58. The van der Waals surface area contributed by atoms with Crippen LogP contribution in [0, 0.1) is 11.8 Å². The highest BCUT2D eigenvalue weighted by molar-refractivity contribution is 7.99. The van der Waals surface area contributed by atoms with E-state index in [2.05, 4.69) is 23.8 Å². The van der Waals surface area contributed by atoms with Crippen LogP contribution >= 0.6 is 11.8 Å². The van der Waals surface area contributed by atoms with Crippen LogP contribution < -0.4 is 11.3 Å². The van der Waals surface area contributed by atoms with E-state index in [0.29, 0.717) is 16.2 Å². The van der Waals surface area contributed by atoms with E-state index in [-0.39, 0.29) is 5.56 Å². The molecule has 94 valence electrons. The number of H-pyrrole nitrogens is 1. The molecule has 0 aromatic carbocycles. The van der Waals surface area contributed by atoms with Gasteiger partial charge in [-0.25, -0.2) is 4.98 Å². The fourth-order valence-corrected chi connectivity index (χ4v) is 4.12. The standard InChI is InChI=1S/C12H19N3OS/c1-7-3-8(2)5-9(4-7)17-12-14-10(13)6-11(16)15-12/h6-9H,3-5H2,1-2H3,(H3,13,14,15,16). The van der Waals surface area contributed by atoms with Crippen LogP contribution in [-0.2, 0) is 0 Å². The van der Waals surface area contributed by atoms with E-state index in [0.717, 1.165) is 11.8 Å². The highest BCUT2D eigenvalue weighted by Gasteiger charge is 2.25. The molecule has 1 aliphatic rings. The highest BCUT2D eigenvalue weighted by atomic mass is 32.2. The Morgan fingerprint density at radius 1 is 1.35 bits per heavy atom. The van der Waals surface area contributed by atoms with Crippen LogP contribution in [0.1, 0.15) is 33.1 Å². The summed E-state index contributed by atoms with van der Waals surface area (Å²) in [7, 11) is 0. The first-order chi connectivity index (χ1) is 8.02. The monoisotopic (exact) mass is 253 g/mol. The van der Waals surface area contributed by atoms with E-state index < -0.39 is 0 Å². The second-order valence-corrected chi connectivity index (χ2v) is 6.42. The molecular formula is C12H19N3OS. The summed E-state index contributed by atoms with van der Waals surface area (Å²) in [5.74, 6) is 1.81. The van der Waals surface area contributed by atoms with E-state index >= 15 is 0 Å². The van der Waals surface area contributed by atoms with Crippen molar-refractivity contribution in [2.24, 2.45) is 11.8 Å². The molecule has 0 saturated heterocycles. The maximum absolute atomic E-state index is 11.3. The van der Waals surface area contributed by atoms with Crippen LogP contribution in [0.4, 0.5) is 5.82 Å². The number of rotatable bonds is 2. The van der Waals surface area contributed by atoms with Gasteiger partial charge in [-0.2, -0.15) is 0 Å². The van der Waals surface area contributed by atoms with Gasteiger partial charge in [-0.15, -0.1) is 0 Å². The molecule has 4 nitrogen and oxygen atoms in total. The Morgan fingerprint density at radius 3 is 2.59 bits per heavy atom. The zero-order chi connectivity index (χ0) is 12.4. The summed E-state index contributed by atoms with van der Waals surface area (Å²) in [4.78, 5) is 18.2. The van der Waals surface area contributed by atoms with Crippen molar-refractivity contribution in [3.8, 4) is 0 Å². The van der Waals surface area contributed by atoms with Gasteiger partial charge in [0.25, 0.3) is 5.56 Å². The third-order valence-electron chi connectivity index (χ3n) is 3.15. The number of hydrogen-bond donors (Lipinski definition) is 2. The molecule has 0 radical (unpaired) electrons. The molecule has 1 fully saturated rings. The van der Waals surface area contributed by atoms with Crippen LogP contribution in [0.2, 0.25) is 0 Å². The highest BCUT2D eigenvalue weighted by Crippen LogP contribution is 2.37. The Labute approximate surface area is 105 Å². The van der Waals surface area contributed by atoms with Crippen LogP contribution in [0.5, 0.6) is 0 Å². The van der Waals surface area contributed by atoms with Gasteiger partial charge in [0.1, 0.15) is 5.82 Å². The molecule has 0 aliphatic heterocycles. The summed E-state index contributed by atoms with van der Waals surface area (Å²) >= 11 is 1.65. The average molecular weight is 253 g/mol. The number of thioether (sulfide) groups is 1. The van der Waals surface area contributed by atoms with Crippen molar-refractivity contribution in [3.63, 3.8) is 0 Å². The number of nitrogens with zero attached hydrogens (tertiary/aromatic N) is 1. The van der Waals surface area contributed by atoms with Crippen molar-refractivity contribution >= 4 is 17.6 Å². The molecular weight excluding hydrogens is 234 g/mol. The van der Waals surface area contributed by atoms with Crippen LogP contribution in [0.15, 0.2) is 16.0 Å². The van der Waals surface area contributed by atoms with E-state index in [9.17, 15) is 4.79 Å². The summed E-state index contributed by atoms with van der Waals surface area (Å²) in [6.07, 6.45) is 3.68. The zero-order valence-corrected chi connectivity index (χ0v) is 11.1. The van der Waals surface area contributed by atoms with Gasteiger partial charge < -0.3 is 10.7 Å². The SMILES string of the molecule is CC1CC(C)CC(Sc2nc(N)cc(=O)[nH]2)C1. The fourth-order valence-electron chi connectivity index (χ4n) is 2.64. The van der Waals surface area contributed by atoms with Gasteiger partial charge in [-0.05, 0) is 31.1 Å². The molecule has 1 aromatic rings. The molecule has 1 aromatic heterocycles. The lowest BCUT2D eigenvalue weighted by atomic mass is 9.83. The molecule has 1 heterocycles. The summed E-state index contributed by atoms with van der Waals surface area (Å²) in [5, 5.41) is 1.19. The molecule has 1 saturated carbocycles. The van der Waals surface area contributed by atoms with Crippen LogP contribution in [0.25, 0.3) is 0 Å². The maximum atomic E-state index is 11.3. The minimum absolute atomic E-state index is 0.170. The van der Waals surface area contributed by atoms with E-state index in [1.54, 1.807) is 11.8 Å². The van der Waals surface area contributed by atoms with Gasteiger partial charge in [-0.3, -0.25) is 4.79 Å². The van der Waals surface area contributed by atoms with E-state index in [4.69, 9.17) is 5.73 Å². The van der Waals surface area contributed by atoms with E-state index in [1.165, 1.54) is 25.3 Å². The average Bonchev–Trinajstić information content (AvgIpc) is 2.13. The number of aromatic nitrogens is 2. The van der Waals surface area contributed by atoms with Gasteiger partial charge in [0, 0.05) is 11.3 Å². The van der Waals surface area contributed by atoms with E-state index in [1.807, 2.05) is 0 Å². The summed E-state index contributed by atoms with van der Waals surface area (Å²) in [5.41, 5.74) is 5.41. The molecule has 0 bridgehead atoms. The minimum Gasteiger partial charge on any atom is -0.383 e. The molecule has 2 rings (SSSR count). The quantitative estimate of drug-likeness (QED) is 0.793. The zero-order valence-electron chi connectivity index (χ0n) is 10.3. The Balaban J connectivity index is 2.07. The Hall–Kier alpha value is -0.970. The topological polar surface area (TPSA) is 71.8 Å². The first-order valence-corrected chi connectivity index (χ1v) is 6.94. The van der Waals surface area contributed by atoms with Crippen LogP contribution in [-0.4, -0.2) is 15.2 Å². The van der Waals surface area contributed by atoms with Gasteiger partial charge >= 0.3 is 0 Å². The molecule has 2 atom stereocenters. The summed E-state index contributed by atoms with van der Waals surface area (Å²) in [6, 6.07) is 1.32. The largest absolute Gasteiger partial charge is 0.383 e. The van der Waals surface area contributed by atoms with Crippen molar-refractivity contribution in [2.45, 2.75) is 43.5 Å². The lowest BCUT2D eigenvalue weighted by Gasteiger charge is -2.30. The third kappa shape index (κ3) is 3.49. The first kappa shape index (κ1) is 12.5. The summed E-state index contributed by atoms with van der Waals surface area (Å²) < 4.78 is 0. The molecule has 0 amide bonds. The van der Waals surface area contributed by atoms with Crippen molar-refractivity contribution in [1.29, 1.82) is 0 Å². The van der Waals surface area contributed by atoms with Gasteiger partial charge in [-0.1, -0.05) is 25.6 Å². The minimum atomic E-state index is -0.170. The fraction of sp³-hybridized carbons (Fsp3) is 0.667.